The van der Waals surface area contributed by atoms with E-state index < -0.39 is 6.36 Å². The highest BCUT2D eigenvalue weighted by atomic mass is 35.5. The predicted molar refractivity (Wildman–Crippen MR) is 137 cm³/mol. The first-order chi connectivity index (χ1) is 17.7. The second kappa shape index (κ2) is 10.5. The van der Waals surface area contributed by atoms with Gasteiger partial charge in [-0.3, -0.25) is 9.88 Å². The van der Waals surface area contributed by atoms with Crippen molar-refractivity contribution in [3.05, 3.63) is 83.3 Å². The number of rotatable bonds is 7. The van der Waals surface area contributed by atoms with Crippen LogP contribution in [0.3, 0.4) is 0 Å². The van der Waals surface area contributed by atoms with E-state index in [1.807, 2.05) is 42.9 Å². The molecular weight excluding hydrogens is 505 g/mol. The van der Waals surface area contributed by atoms with Crippen LogP contribution >= 0.6 is 11.6 Å². The molecule has 1 saturated heterocycles. The predicted octanol–water partition coefficient (Wildman–Crippen LogP) is 5.71. The van der Waals surface area contributed by atoms with Crippen molar-refractivity contribution in [3.8, 4) is 11.6 Å². The first-order valence-corrected chi connectivity index (χ1v) is 12.4. The highest BCUT2D eigenvalue weighted by Crippen LogP contribution is 2.37. The normalized spacial score (nSPS) is 14.9. The number of fused-ring (bicyclic) bond motifs is 1. The summed E-state index contributed by atoms with van der Waals surface area (Å²) < 4.78 is 42.8. The van der Waals surface area contributed by atoms with Crippen molar-refractivity contribution in [1.29, 1.82) is 0 Å². The molecule has 0 amide bonds. The molecule has 6 nitrogen and oxygen atoms in total. The van der Waals surface area contributed by atoms with Gasteiger partial charge in [-0.1, -0.05) is 23.7 Å². The van der Waals surface area contributed by atoms with Crippen LogP contribution in [0.4, 0.5) is 18.9 Å². The molecule has 1 aliphatic rings. The topological polar surface area (TPSA) is 53.8 Å². The summed E-state index contributed by atoms with van der Waals surface area (Å²) in [5.74, 6) is -0.272. The van der Waals surface area contributed by atoms with E-state index >= 15 is 0 Å². The van der Waals surface area contributed by atoms with Gasteiger partial charge in [0.1, 0.15) is 5.75 Å². The Labute approximate surface area is 217 Å². The molecule has 0 radical (unpaired) electrons. The summed E-state index contributed by atoms with van der Waals surface area (Å²) in [7, 11) is 0. The monoisotopic (exact) mass is 530 g/mol. The zero-order valence-electron chi connectivity index (χ0n) is 20.0. The molecule has 0 saturated carbocycles. The second-order valence-corrected chi connectivity index (χ2v) is 9.51. The number of anilines is 1. The number of ether oxygens (including phenoxy) is 1. The molecule has 0 bridgehead atoms. The quantitative estimate of drug-likeness (QED) is 0.332. The van der Waals surface area contributed by atoms with E-state index in [1.54, 1.807) is 4.57 Å². The van der Waals surface area contributed by atoms with Crippen LogP contribution in [0.15, 0.2) is 67.1 Å². The van der Waals surface area contributed by atoms with Gasteiger partial charge in [-0.25, -0.2) is 0 Å². The minimum atomic E-state index is -4.74. The fourth-order valence-corrected chi connectivity index (χ4v) is 4.99. The van der Waals surface area contributed by atoms with Crippen molar-refractivity contribution in [2.24, 2.45) is 0 Å². The van der Waals surface area contributed by atoms with Gasteiger partial charge in [-0.05, 0) is 53.9 Å². The van der Waals surface area contributed by atoms with Gasteiger partial charge in [0.05, 0.1) is 17.0 Å². The molecule has 0 atom stereocenters. The van der Waals surface area contributed by atoms with Gasteiger partial charge < -0.3 is 19.3 Å². The summed E-state index contributed by atoms with van der Waals surface area (Å²) in [5.41, 5.74) is 2.99. The van der Waals surface area contributed by atoms with Crippen molar-refractivity contribution in [2.45, 2.75) is 19.3 Å². The molecule has 0 unspecified atom stereocenters. The Hall–Kier alpha value is -3.43. The highest BCUT2D eigenvalue weighted by Gasteiger charge is 2.31. The van der Waals surface area contributed by atoms with E-state index in [0.29, 0.717) is 16.0 Å². The van der Waals surface area contributed by atoms with Crippen molar-refractivity contribution < 1.29 is 23.0 Å². The van der Waals surface area contributed by atoms with Crippen LogP contribution in [0.1, 0.15) is 11.1 Å². The Kier molecular flexibility index (Phi) is 7.17. The first kappa shape index (κ1) is 25.2. The summed E-state index contributed by atoms with van der Waals surface area (Å²) >= 11 is 6.59. The Morgan fingerprint density at radius 3 is 2.32 bits per heavy atom. The maximum Gasteiger partial charge on any atom is 0.573 e. The fraction of sp³-hybridized carbons (Fsp3) is 0.296. The number of hydrogen-bond acceptors (Lipinski definition) is 5. The van der Waals surface area contributed by atoms with Gasteiger partial charge in [0.2, 0.25) is 5.88 Å². The summed E-state index contributed by atoms with van der Waals surface area (Å²) in [6.45, 7) is 4.91. The van der Waals surface area contributed by atoms with Crippen LogP contribution in [0.2, 0.25) is 5.02 Å². The Morgan fingerprint density at radius 2 is 1.65 bits per heavy atom. The van der Waals surface area contributed by atoms with Crippen molar-refractivity contribution in [1.82, 2.24) is 14.5 Å². The minimum absolute atomic E-state index is 0.0168. The number of alkyl halides is 3. The van der Waals surface area contributed by atoms with Gasteiger partial charge in [0.15, 0.2) is 0 Å². The Balaban J connectivity index is 1.25. The maximum absolute atomic E-state index is 12.4. The molecule has 10 heteroatoms. The van der Waals surface area contributed by atoms with Gasteiger partial charge >= 0.3 is 6.36 Å². The van der Waals surface area contributed by atoms with Gasteiger partial charge in [-0.2, -0.15) is 0 Å². The lowest BCUT2D eigenvalue weighted by molar-refractivity contribution is -0.274. The van der Waals surface area contributed by atoms with Gasteiger partial charge in [-0.15, -0.1) is 13.2 Å². The summed E-state index contributed by atoms with van der Waals surface area (Å²) in [6.07, 6.45) is 1.71. The average Bonchev–Trinajstić information content (AvgIpc) is 3.19. The lowest BCUT2D eigenvalue weighted by Crippen LogP contribution is -2.47. The Morgan fingerprint density at radius 1 is 0.946 bits per heavy atom. The first-order valence-electron chi connectivity index (χ1n) is 12.0. The molecule has 37 heavy (non-hydrogen) atoms. The number of benzene rings is 2. The van der Waals surface area contributed by atoms with E-state index in [1.165, 1.54) is 29.8 Å². The van der Waals surface area contributed by atoms with E-state index in [-0.39, 0.29) is 18.2 Å². The Bertz CT molecular complexity index is 1350. The average molecular weight is 531 g/mol. The van der Waals surface area contributed by atoms with Crippen molar-refractivity contribution in [3.63, 3.8) is 0 Å². The molecule has 5 rings (SSSR count). The number of piperazine rings is 1. The standard InChI is InChI=1S/C27H26ClF3N4O2/c28-24-16-22(34-13-11-33(12-14-34)10-7-19-5-8-32-9-6-19)15-21-18-35(26(36)25(21)24)17-20-1-3-23(4-2-20)37-27(29,30)31/h1-6,8-9,15-16,18,36H,7,10-14,17H2. The molecule has 0 spiro atoms. The van der Waals surface area contributed by atoms with Crippen LogP contribution in [0.25, 0.3) is 10.8 Å². The summed E-state index contributed by atoms with van der Waals surface area (Å²) in [5, 5.41) is 12.6. The van der Waals surface area contributed by atoms with Crippen LogP contribution in [-0.2, 0) is 13.0 Å². The van der Waals surface area contributed by atoms with E-state index in [9.17, 15) is 18.3 Å². The van der Waals surface area contributed by atoms with Crippen molar-refractivity contribution >= 4 is 28.1 Å². The highest BCUT2D eigenvalue weighted by molar-refractivity contribution is 6.36. The summed E-state index contributed by atoms with van der Waals surface area (Å²) in [6, 6.07) is 13.6. The van der Waals surface area contributed by atoms with E-state index in [4.69, 9.17) is 11.6 Å². The van der Waals surface area contributed by atoms with E-state index in [2.05, 4.69) is 19.5 Å². The minimum Gasteiger partial charge on any atom is -0.494 e. The molecule has 3 heterocycles. The molecule has 2 aromatic heterocycles. The van der Waals surface area contributed by atoms with Gasteiger partial charge in [0, 0.05) is 62.4 Å². The molecule has 1 N–H and O–H groups in total. The van der Waals surface area contributed by atoms with E-state index in [0.717, 1.165) is 50.2 Å². The van der Waals surface area contributed by atoms with Gasteiger partial charge in [0.25, 0.3) is 0 Å². The fourth-order valence-electron chi connectivity index (χ4n) is 4.69. The second-order valence-electron chi connectivity index (χ2n) is 9.10. The largest absolute Gasteiger partial charge is 0.573 e. The zero-order chi connectivity index (χ0) is 26.0. The number of pyridine rings is 1. The molecular formula is C27H26ClF3N4O2. The summed E-state index contributed by atoms with van der Waals surface area (Å²) in [4.78, 5) is 8.81. The molecule has 4 aromatic rings. The number of nitrogens with zero attached hydrogens (tertiary/aromatic N) is 4. The van der Waals surface area contributed by atoms with Crippen LogP contribution in [-0.4, -0.2) is 58.6 Å². The molecule has 2 aromatic carbocycles. The number of aromatic hydroxyl groups is 1. The number of hydrogen-bond donors (Lipinski definition) is 1. The third kappa shape index (κ3) is 6.11. The SMILES string of the molecule is Oc1c2c(Cl)cc(N3CCN(CCc4ccncc4)CC3)cc2cn1Cc1ccc(OC(F)(F)F)cc1. The molecule has 194 valence electrons. The third-order valence-corrected chi connectivity index (χ3v) is 6.91. The van der Waals surface area contributed by atoms with Crippen molar-refractivity contribution in [2.75, 3.05) is 37.6 Å². The smallest absolute Gasteiger partial charge is 0.494 e. The number of halogens is 4. The molecule has 1 aliphatic heterocycles. The van der Waals surface area contributed by atoms with Crippen LogP contribution in [0, 0.1) is 0 Å². The van der Waals surface area contributed by atoms with Crippen LogP contribution in [0.5, 0.6) is 11.6 Å². The number of aromatic nitrogens is 2. The molecule has 1 fully saturated rings. The zero-order valence-corrected chi connectivity index (χ0v) is 20.7. The maximum atomic E-state index is 12.4. The third-order valence-electron chi connectivity index (χ3n) is 6.61. The molecule has 0 aliphatic carbocycles. The lowest BCUT2D eigenvalue weighted by Gasteiger charge is -2.36. The lowest BCUT2D eigenvalue weighted by atomic mass is 10.1. The van der Waals surface area contributed by atoms with Crippen LogP contribution < -0.4 is 9.64 Å².